The number of piperidine rings is 1. The van der Waals surface area contributed by atoms with Gasteiger partial charge in [-0.3, -0.25) is 4.79 Å². The second kappa shape index (κ2) is 7.77. The van der Waals surface area contributed by atoms with Crippen LogP contribution in [-0.2, 0) is 9.53 Å². The summed E-state index contributed by atoms with van der Waals surface area (Å²) in [5, 5.41) is 0. The molecule has 1 aromatic heterocycles. The smallest absolute Gasteiger partial charge is 0.310 e. The van der Waals surface area contributed by atoms with Crippen molar-refractivity contribution < 1.29 is 14.3 Å². The third kappa shape index (κ3) is 4.01. The van der Waals surface area contributed by atoms with E-state index in [1.54, 1.807) is 6.07 Å². The number of ether oxygens (including phenoxy) is 2. The molecule has 0 saturated carbocycles. The van der Waals surface area contributed by atoms with Gasteiger partial charge in [-0.1, -0.05) is 18.2 Å². The van der Waals surface area contributed by atoms with Gasteiger partial charge >= 0.3 is 5.97 Å². The summed E-state index contributed by atoms with van der Waals surface area (Å²) >= 11 is 0. The standard InChI is InChI=1S/C18H21N3O3/c1-2-23-18(22)14-7-6-10-21(12-14)16-11-17(20-13-19-16)24-15-8-4-3-5-9-15/h3-5,8-9,11,13-14H,2,6-7,10,12H2,1H3. The quantitative estimate of drug-likeness (QED) is 0.787. The molecular weight excluding hydrogens is 306 g/mol. The van der Waals surface area contributed by atoms with Crippen molar-refractivity contribution in [2.24, 2.45) is 5.92 Å². The normalized spacial score (nSPS) is 17.4. The molecule has 126 valence electrons. The lowest BCUT2D eigenvalue weighted by atomic mass is 9.98. The van der Waals surface area contributed by atoms with Crippen LogP contribution in [0.3, 0.4) is 0 Å². The Hall–Kier alpha value is -2.63. The van der Waals surface area contributed by atoms with E-state index >= 15 is 0 Å². The maximum absolute atomic E-state index is 12.0. The zero-order chi connectivity index (χ0) is 16.8. The van der Waals surface area contributed by atoms with E-state index in [0.717, 1.165) is 31.0 Å². The molecule has 0 radical (unpaired) electrons. The number of aromatic nitrogens is 2. The SMILES string of the molecule is CCOC(=O)C1CCCN(c2cc(Oc3ccccc3)ncn2)C1. The Labute approximate surface area is 141 Å². The largest absolute Gasteiger partial charge is 0.466 e. The zero-order valence-corrected chi connectivity index (χ0v) is 13.7. The molecular formula is C18H21N3O3. The van der Waals surface area contributed by atoms with E-state index in [0.29, 0.717) is 19.0 Å². The van der Waals surface area contributed by atoms with Gasteiger partial charge in [-0.15, -0.1) is 0 Å². The third-order valence-electron chi connectivity index (χ3n) is 3.96. The lowest BCUT2D eigenvalue weighted by Gasteiger charge is -2.32. The lowest BCUT2D eigenvalue weighted by molar-refractivity contribution is -0.148. The molecule has 1 unspecified atom stereocenters. The second-order valence-corrected chi connectivity index (χ2v) is 5.67. The molecule has 1 fully saturated rings. The summed E-state index contributed by atoms with van der Waals surface area (Å²) in [5.41, 5.74) is 0. The molecule has 1 aliphatic rings. The Morgan fingerprint density at radius 1 is 1.29 bits per heavy atom. The monoisotopic (exact) mass is 327 g/mol. The Morgan fingerprint density at radius 2 is 2.12 bits per heavy atom. The maximum Gasteiger partial charge on any atom is 0.310 e. The number of carbonyl (C=O) groups is 1. The van der Waals surface area contributed by atoms with Crippen LogP contribution >= 0.6 is 0 Å². The summed E-state index contributed by atoms with van der Waals surface area (Å²) in [7, 11) is 0. The van der Waals surface area contributed by atoms with Crippen LogP contribution in [0.4, 0.5) is 5.82 Å². The van der Waals surface area contributed by atoms with Crippen molar-refractivity contribution in [1.29, 1.82) is 0 Å². The summed E-state index contributed by atoms with van der Waals surface area (Å²) < 4.78 is 10.9. The summed E-state index contributed by atoms with van der Waals surface area (Å²) in [6.45, 7) is 3.71. The van der Waals surface area contributed by atoms with Crippen LogP contribution in [0.5, 0.6) is 11.6 Å². The van der Waals surface area contributed by atoms with Gasteiger partial charge in [0.2, 0.25) is 5.88 Å². The van der Waals surface area contributed by atoms with Crippen LogP contribution in [0, 0.1) is 5.92 Å². The number of esters is 1. The Bertz CT molecular complexity index is 678. The fourth-order valence-corrected chi connectivity index (χ4v) is 2.81. The average Bonchev–Trinajstić information content (AvgIpc) is 2.63. The van der Waals surface area contributed by atoms with Gasteiger partial charge in [-0.2, -0.15) is 0 Å². The fraction of sp³-hybridized carbons (Fsp3) is 0.389. The predicted octanol–water partition coefficient (Wildman–Crippen LogP) is 3.05. The first-order chi connectivity index (χ1) is 11.8. The van der Waals surface area contributed by atoms with Crippen molar-refractivity contribution in [2.45, 2.75) is 19.8 Å². The van der Waals surface area contributed by atoms with Gasteiger partial charge in [0.15, 0.2) is 0 Å². The van der Waals surface area contributed by atoms with E-state index in [-0.39, 0.29) is 11.9 Å². The van der Waals surface area contributed by atoms with Crippen molar-refractivity contribution in [3.05, 3.63) is 42.7 Å². The highest BCUT2D eigenvalue weighted by Crippen LogP contribution is 2.26. The van der Waals surface area contributed by atoms with E-state index < -0.39 is 0 Å². The van der Waals surface area contributed by atoms with Gasteiger partial charge in [-0.25, -0.2) is 9.97 Å². The molecule has 1 aliphatic heterocycles. The second-order valence-electron chi connectivity index (χ2n) is 5.67. The van der Waals surface area contributed by atoms with Crippen molar-refractivity contribution in [3.8, 4) is 11.6 Å². The number of rotatable bonds is 5. The molecule has 1 saturated heterocycles. The summed E-state index contributed by atoms with van der Waals surface area (Å²) in [6.07, 6.45) is 3.28. The number of anilines is 1. The predicted molar refractivity (Wildman–Crippen MR) is 90.1 cm³/mol. The van der Waals surface area contributed by atoms with Crippen LogP contribution in [-0.4, -0.2) is 35.6 Å². The number of hydrogen-bond acceptors (Lipinski definition) is 6. The number of benzene rings is 1. The first-order valence-corrected chi connectivity index (χ1v) is 8.23. The van der Waals surface area contributed by atoms with Gasteiger partial charge in [0.25, 0.3) is 0 Å². The molecule has 0 spiro atoms. The number of carbonyl (C=O) groups excluding carboxylic acids is 1. The summed E-state index contributed by atoms with van der Waals surface area (Å²) in [5.74, 6) is 1.75. The van der Waals surface area contributed by atoms with Crippen molar-refractivity contribution >= 4 is 11.8 Å². The van der Waals surface area contributed by atoms with Gasteiger partial charge in [0.1, 0.15) is 17.9 Å². The first kappa shape index (κ1) is 16.2. The molecule has 6 heteroatoms. The van der Waals surface area contributed by atoms with Crippen molar-refractivity contribution in [1.82, 2.24) is 9.97 Å². The first-order valence-electron chi connectivity index (χ1n) is 8.23. The van der Waals surface area contributed by atoms with Gasteiger partial charge in [-0.05, 0) is 31.9 Å². The number of nitrogens with zero attached hydrogens (tertiary/aromatic N) is 3. The minimum absolute atomic E-state index is 0.104. The molecule has 2 aromatic rings. The molecule has 1 atom stereocenters. The Morgan fingerprint density at radius 3 is 2.92 bits per heavy atom. The topological polar surface area (TPSA) is 64.5 Å². The molecule has 0 aliphatic carbocycles. The molecule has 24 heavy (non-hydrogen) atoms. The van der Waals surface area contributed by atoms with Crippen LogP contribution in [0.1, 0.15) is 19.8 Å². The van der Waals surface area contributed by atoms with E-state index in [1.807, 2.05) is 37.3 Å². The van der Waals surface area contributed by atoms with Crippen molar-refractivity contribution in [2.75, 3.05) is 24.6 Å². The third-order valence-corrected chi connectivity index (χ3v) is 3.96. The van der Waals surface area contributed by atoms with E-state index in [1.165, 1.54) is 6.33 Å². The zero-order valence-electron chi connectivity index (χ0n) is 13.7. The molecule has 3 rings (SSSR count). The minimum atomic E-state index is -0.128. The lowest BCUT2D eigenvalue weighted by Crippen LogP contribution is -2.39. The highest BCUT2D eigenvalue weighted by molar-refractivity contribution is 5.73. The van der Waals surface area contributed by atoms with E-state index in [2.05, 4.69) is 14.9 Å². The Balaban J connectivity index is 1.70. The highest BCUT2D eigenvalue weighted by atomic mass is 16.5. The minimum Gasteiger partial charge on any atom is -0.466 e. The molecule has 0 bridgehead atoms. The summed E-state index contributed by atoms with van der Waals surface area (Å²) in [6, 6.07) is 11.3. The molecule has 1 aromatic carbocycles. The molecule has 0 N–H and O–H groups in total. The number of hydrogen-bond donors (Lipinski definition) is 0. The summed E-state index contributed by atoms with van der Waals surface area (Å²) in [4.78, 5) is 22.6. The van der Waals surface area contributed by atoms with E-state index in [4.69, 9.17) is 9.47 Å². The van der Waals surface area contributed by atoms with E-state index in [9.17, 15) is 4.79 Å². The van der Waals surface area contributed by atoms with Crippen LogP contribution in [0.15, 0.2) is 42.7 Å². The molecule has 6 nitrogen and oxygen atoms in total. The number of para-hydroxylation sites is 1. The van der Waals surface area contributed by atoms with Gasteiger partial charge in [0, 0.05) is 19.2 Å². The fourth-order valence-electron chi connectivity index (χ4n) is 2.81. The highest BCUT2D eigenvalue weighted by Gasteiger charge is 2.27. The van der Waals surface area contributed by atoms with Gasteiger partial charge < -0.3 is 14.4 Å². The van der Waals surface area contributed by atoms with Gasteiger partial charge in [0.05, 0.1) is 12.5 Å². The Kier molecular flexibility index (Phi) is 5.25. The van der Waals surface area contributed by atoms with Crippen LogP contribution in [0.25, 0.3) is 0 Å². The van der Waals surface area contributed by atoms with Crippen molar-refractivity contribution in [3.63, 3.8) is 0 Å². The molecule has 2 heterocycles. The average molecular weight is 327 g/mol. The molecule has 0 amide bonds. The maximum atomic E-state index is 12.0. The van der Waals surface area contributed by atoms with Crippen LogP contribution < -0.4 is 9.64 Å². The van der Waals surface area contributed by atoms with Crippen LogP contribution in [0.2, 0.25) is 0 Å².